The molecule has 0 fully saturated rings. The zero-order valence-electron chi connectivity index (χ0n) is 12.4. The van der Waals surface area contributed by atoms with Gasteiger partial charge in [0.15, 0.2) is 0 Å². The predicted octanol–water partition coefficient (Wildman–Crippen LogP) is 4.71. The maximum atomic E-state index is 14.0. The molecule has 0 saturated heterocycles. The molecule has 1 N–H and O–H groups in total. The first-order valence-corrected chi connectivity index (χ1v) is 7.71. The largest absolute Gasteiger partial charge is 0.441 e. The van der Waals surface area contributed by atoms with Gasteiger partial charge in [-0.1, -0.05) is 18.2 Å². The minimum atomic E-state index is -4.70. The average Bonchev–Trinajstić information content (AvgIpc) is 2.94. The summed E-state index contributed by atoms with van der Waals surface area (Å²) in [7, 11) is 0. The van der Waals surface area contributed by atoms with E-state index >= 15 is 0 Å². The topological polar surface area (TPSA) is 45.0 Å². The van der Waals surface area contributed by atoms with E-state index in [-0.39, 0.29) is 10.4 Å². The first kappa shape index (κ1) is 15.8. The molecule has 0 saturated carbocycles. The number of hydrogen-bond donors (Lipinski definition) is 1. The quantitative estimate of drug-likeness (QED) is 0.819. The molecule has 1 aliphatic heterocycles. The number of para-hydroxylation sites is 1. The number of halogens is 3. The lowest BCUT2D eigenvalue weighted by Gasteiger charge is -2.47. The van der Waals surface area contributed by atoms with Gasteiger partial charge in [-0.3, -0.25) is 0 Å². The fourth-order valence-electron chi connectivity index (χ4n) is 2.77. The molecular weight excluding hydrogens is 325 g/mol. The van der Waals surface area contributed by atoms with Gasteiger partial charge in [-0.15, -0.1) is 11.3 Å². The predicted molar refractivity (Wildman–Crippen MR) is 80.9 cm³/mol. The molecule has 0 spiro atoms. The lowest BCUT2D eigenvalue weighted by Crippen LogP contribution is -2.57. The van der Waals surface area contributed by atoms with E-state index in [0.29, 0.717) is 11.3 Å². The molecular formula is C16H13F3N2OS. The number of benzene rings is 1. The molecule has 2 aromatic rings. The molecule has 0 amide bonds. The van der Waals surface area contributed by atoms with Gasteiger partial charge in [-0.25, -0.2) is 0 Å². The second-order valence-corrected chi connectivity index (χ2v) is 6.68. The molecule has 1 aromatic carbocycles. The van der Waals surface area contributed by atoms with Crippen LogP contribution in [0.3, 0.4) is 0 Å². The Kier molecular flexibility index (Phi) is 3.43. The highest BCUT2D eigenvalue weighted by Gasteiger charge is 2.62. The molecule has 0 bridgehead atoms. The van der Waals surface area contributed by atoms with Gasteiger partial charge in [0.05, 0.1) is 5.60 Å². The second kappa shape index (κ2) is 4.98. The number of nitrogens with zero attached hydrogens (tertiary/aromatic N) is 1. The van der Waals surface area contributed by atoms with Gasteiger partial charge < -0.3 is 10.1 Å². The van der Waals surface area contributed by atoms with Crippen LogP contribution in [0, 0.1) is 11.3 Å². The number of nitriles is 1. The Bertz CT molecular complexity index is 791. The van der Waals surface area contributed by atoms with Crippen molar-refractivity contribution < 1.29 is 17.9 Å². The number of alkyl halides is 3. The van der Waals surface area contributed by atoms with Crippen LogP contribution in [0.25, 0.3) is 0 Å². The van der Waals surface area contributed by atoms with Crippen molar-refractivity contribution in [3.05, 3.63) is 51.7 Å². The molecule has 7 heteroatoms. The van der Waals surface area contributed by atoms with E-state index in [4.69, 9.17) is 10.00 Å². The lowest BCUT2D eigenvalue weighted by atomic mass is 9.90. The number of fused-ring (bicyclic) bond motifs is 1. The monoisotopic (exact) mass is 338 g/mol. The minimum absolute atomic E-state index is 0.117. The van der Waals surface area contributed by atoms with E-state index in [0.717, 1.165) is 11.3 Å². The van der Waals surface area contributed by atoms with Gasteiger partial charge in [0.1, 0.15) is 10.9 Å². The third-order valence-electron chi connectivity index (χ3n) is 3.81. The van der Waals surface area contributed by atoms with E-state index in [9.17, 15) is 13.2 Å². The Morgan fingerprint density at radius 2 is 1.96 bits per heavy atom. The molecule has 120 valence electrons. The van der Waals surface area contributed by atoms with Crippen LogP contribution in [0.2, 0.25) is 0 Å². The second-order valence-electron chi connectivity index (χ2n) is 5.77. The van der Waals surface area contributed by atoms with E-state index in [1.807, 2.05) is 6.07 Å². The summed E-state index contributed by atoms with van der Waals surface area (Å²) < 4.78 is 47.5. The number of ether oxygens (including phenoxy) is 1. The van der Waals surface area contributed by atoms with Crippen LogP contribution < -0.4 is 5.32 Å². The van der Waals surface area contributed by atoms with Gasteiger partial charge in [0.2, 0.25) is 0 Å². The lowest BCUT2D eigenvalue weighted by molar-refractivity contribution is -0.307. The van der Waals surface area contributed by atoms with E-state index in [1.54, 1.807) is 38.1 Å². The zero-order chi connectivity index (χ0) is 16.9. The third kappa shape index (κ3) is 2.38. The standard InChI is InChI=1S/C16H13F3N2OS/c1-14(2)12-5-3-4-6-13(12)21-15(22-14,16(17,18)19)10-7-11(8-20)23-9-10/h3-7,9,21H,1-2H3. The van der Waals surface area contributed by atoms with Crippen molar-refractivity contribution in [2.45, 2.75) is 31.3 Å². The third-order valence-corrected chi connectivity index (χ3v) is 4.64. The molecule has 2 heterocycles. The Labute approximate surface area is 135 Å². The molecule has 23 heavy (non-hydrogen) atoms. The van der Waals surface area contributed by atoms with Crippen molar-refractivity contribution in [2.24, 2.45) is 0 Å². The van der Waals surface area contributed by atoms with Crippen LogP contribution >= 0.6 is 11.3 Å². The summed E-state index contributed by atoms with van der Waals surface area (Å²) in [5.41, 5.74) is -2.93. The summed E-state index contributed by atoms with van der Waals surface area (Å²) >= 11 is 0.958. The van der Waals surface area contributed by atoms with Crippen LogP contribution in [0.1, 0.15) is 29.9 Å². The molecule has 1 atom stereocenters. The zero-order valence-corrected chi connectivity index (χ0v) is 13.2. The van der Waals surface area contributed by atoms with E-state index in [1.165, 1.54) is 11.4 Å². The van der Waals surface area contributed by atoms with Crippen molar-refractivity contribution in [1.29, 1.82) is 5.26 Å². The number of anilines is 1. The Morgan fingerprint density at radius 3 is 2.57 bits per heavy atom. The van der Waals surface area contributed by atoms with Crippen LogP contribution in [0.15, 0.2) is 35.7 Å². The summed E-state index contributed by atoms with van der Waals surface area (Å²) in [6.45, 7) is 3.20. The highest BCUT2D eigenvalue weighted by atomic mass is 32.1. The summed E-state index contributed by atoms with van der Waals surface area (Å²) in [6.07, 6.45) is -4.70. The minimum Gasteiger partial charge on any atom is -0.346 e. The maximum absolute atomic E-state index is 14.0. The van der Waals surface area contributed by atoms with Crippen molar-refractivity contribution in [1.82, 2.24) is 0 Å². The number of nitrogens with one attached hydrogen (secondary N) is 1. The van der Waals surface area contributed by atoms with Crippen LogP contribution in [0.5, 0.6) is 0 Å². The Balaban J connectivity index is 2.22. The van der Waals surface area contributed by atoms with Gasteiger partial charge >= 0.3 is 6.18 Å². The summed E-state index contributed by atoms with van der Waals surface area (Å²) in [4.78, 5) is 0.200. The summed E-state index contributed by atoms with van der Waals surface area (Å²) in [6, 6.07) is 9.83. The summed E-state index contributed by atoms with van der Waals surface area (Å²) in [5, 5.41) is 12.7. The molecule has 0 radical (unpaired) electrons. The fourth-order valence-corrected chi connectivity index (χ4v) is 3.51. The number of thiophene rings is 1. The number of rotatable bonds is 1. The molecule has 0 aliphatic carbocycles. The van der Waals surface area contributed by atoms with Crippen molar-refractivity contribution in [3.8, 4) is 6.07 Å². The smallest absolute Gasteiger partial charge is 0.346 e. The van der Waals surface area contributed by atoms with Crippen LogP contribution in [-0.4, -0.2) is 6.18 Å². The Morgan fingerprint density at radius 1 is 1.26 bits per heavy atom. The van der Waals surface area contributed by atoms with Crippen LogP contribution in [-0.2, 0) is 16.1 Å². The fraction of sp³-hybridized carbons (Fsp3) is 0.312. The molecule has 3 rings (SSSR count). The highest BCUT2D eigenvalue weighted by molar-refractivity contribution is 7.10. The molecule has 1 aromatic heterocycles. The summed E-state index contributed by atoms with van der Waals surface area (Å²) in [5.74, 6) is 0. The normalized spacial score (nSPS) is 22.8. The SMILES string of the molecule is CC1(C)OC(c2csc(C#N)c2)(C(F)(F)F)Nc2ccccc21. The molecule has 3 nitrogen and oxygen atoms in total. The first-order valence-electron chi connectivity index (χ1n) is 6.83. The van der Waals surface area contributed by atoms with Gasteiger partial charge in [0.25, 0.3) is 5.72 Å². The van der Waals surface area contributed by atoms with Crippen LogP contribution in [0.4, 0.5) is 18.9 Å². The Hall–Kier alpha value is -2.04. The van der Waals surface area contributed by atoms with Gasteiger partial charge in [0, 0.05) is 22.2 Å². The van der Waals surface area contributed by atoms with E-state index < -0.39 is 17.5 Å². The highest BCUT2D eigenvalue weighted by Crippen LogP contribution is 2.52. The average molecular weight is 338 g/mol. The molecule has 1 aliphatic rings. The maximum Gasteiger partial charge on any atom is 0.441 e. The van der Waals surface area contributed by atoms with Gasteiger partial charge in [-0.2, -0.15) is 18.4 Å². The van der Waals surface area contributed by atoms with Crippen molar-refractivity contribution >= 4 is 17.0 Å². The van der Waals surface area contributed by atoms with Gasteiger partial charge in [-0.05, 0) is 26.0 Å². The first-order chi connectivity index (χ1) is 10.7. The van der Waals surface area contributed by atoms with Crippen molar-refractivity contribution in [2.75, 3.05) is 5.32 Å². The number of hydrogen-bond acceptors (Lipinski definition) is 4. The van der Waals surface area contributed by atoms with Crippen molar-refractivity contribution in [3.63, 3.8) is 0 Å². The van der Waals surface area contributed by atoms with E-state index in [2.05, 4.69) is 5.32 Å². The molecule has 1 unspecified atom stereocenters.